The van der Waals surface area contributed by atoms with E-state index in [-0.39, 0.29) is 23.7 Å². The summed E-state index contributed by atoms with van der Waals surface area (Å²) < 4.78 is 0. The standard InChI is InChI=1S/C20H31N3O3/c1-5-14(4)17(21)19(25)23-18(13(2)3)20(26)22-16(12-24)11-15-9-7-6-8-10-15/h6-10,12-14,16-18H,5,11,21H2,1-4H3,(H,22,26)(H,23,25)/t14-,16-,17-,18-/m0/s1. The van der Waals surface area contributed by atoms with Crippen molar-refractivity contribution in [2.24, 2.45) is 17.6 Å². The quantitative estimate of drug-likeness (QED) is 0.549. The second kappa shape index (κ2) is 10.7. The van der Waals surface area contributed by atoms with E-state index in [4.69, 9.17) is 5.73 Å². The molecule has 0 fully saturated rings. The van der Waals surface area contributed by atoms with Crippen LogP contribution in [0.1, 0.15) is 39.7 Å². The Bertz CT molecular complexity index is 589. The zero-order valence-electron chi connectivity index (χ0n) is 16.1. The molecule has 144 valence electrons. The average Bonchev–Trinajstić information content (AvgIpc) is 2.64. The van der Waals surface area contributed by atoms with Gasteiger partial charge in [0.1, 0.15) is 12.3 Å². The van der Waals surface area contributed by atoms with Crippen LogP contribution < -0.4 is 16.4 Å². The van der Waals surface area contributed by atoms with E-state index in [2.05, 4.69) is 10.6 Å². The van der Waals surface area contributed by atoms with Gasteiger partial charge in [-0.05, 0) is 23.8 Å². The van der Waals surface area contributed by atoms with Crippen LogP contribution in [0, 0.1) is 11.8 Å². The SMILES string of the molecule is CC[C@H](C)[C@H](N)C(=O)N[C@H](C(=O)N[C@H](C=O)Cc1ccccc1)C(C)C. The van der Waals surface area contributed by atoms with Crippen LogP contribution in [0.15, 0.2) is 30.3 Å². The van der Waals surface area contributed by atoms with Crippen LogP contribution in [-0.4, -0.2) is 36.2 Å². The van der Waals surface area contributed by atoms with Gasteiger partial charge in [0, 0.05) is 0 Å². The van der Waals surface area contributed by atoms with Crippen LogP contribution in [-0.2, 0) is 20.8 Å². The highest BCUT2D eigenvalue weighted by molar-refractivity contribution is 5.91. The fourth-order valence-corrected chi connectivity index (χ4v) is 2.57. The van der Waals surface area contributed by atoms with Crippen LogP contribution in [0.2, 0.25) is 0 Å². The van der Waals surface area contributed by atoms with Crippen molar-refractivity contribution in [2.75, 3.05) is 0 Å². The van der Waals surface area contributed by atoms with E-state index in [1.165, 1.54) is 0 Å². The zero-order chi connectivity index (χ0) is 19.7. The third-order valence-electron chi connectivity index (χ3n) is 4.60. The maximum Gasteiger partial charge on any atom is 0.243 e. The molecule has 6 heteroatoms. The molecule has 0 aliphatic rings. The van der Waals surface area contributed by atoms with E-state index in [1.54, 1.807) is 0 Å². The van der Waals surface area contributed by atoms with Crippen molar-refractivity contribution < 1.29 is 14.4 Å². The van der Waals surface area contributed by atoms with Gasteiger partial charge >= 0.3 is 0 Å². The van der Waals surface area contributed by atoms with Gasteiger partial charge in [-0.3, -0.25) is 9.59 Å². The Hall–Kier alpha value is -2.21. The first kappa shape index (κ1) is 21.8. The molecule has 0 aliphatic heterocycles. The van der Waals surface area contributed by atoms with E-state index in [0.717, 1.165) is 18.3 Å². The number of hydrogen-bond acceptors (Lipinski definition) is 4. The van der Waals surface area contributed by atoms with Crippen LogP contribution >= 0.6 is 0 Å². The van der Waals surface area contributed by atoms with Crippen molar-refractivity contribution in [3.05, 3.63) is 35.9 Å². The fraction of sp³-hybridized carbons (Fsp3) is 0.550. The van der Waals surface area contributed by atoms with Gasteiger partial charge in [0.2, 0.25) is 11.8 Å². The molecule has 0 saturated carbocycles. The Balaban J connectivity index is 2.74. The van der Waals surface area contributed by atoms with Crippen molar-refractivity contribution in [1.29, 1.82) is 0 Å². The lowest BCUT2D eigenvalue weighted by Gasteiger charge is -2.26. The summed E-state index contributed by atoms with van der Waals surface area (Å²) >= 11 is 0. The minimum absolute atomic E-state index is 0.0201. The first-order chi connectivity index (χ1) is 12.3. The fourth-order valence-electron chi connectivity index (χ4n) is 2.57. The summed E-state index contributed by atoms with van der Waals surface area (Å²) in [4.78, 5) is 36.3. The monoisotopic (exact) mass is 361 g/mol. The predicted molar refractivity (Wildman–Crippen MR) is 102 cm³/mol. The molecule has 26 heavy (non-hydrogen) atoms. The number of nitrogens with two attached hydrogens (primary N) is 1. The molecule has 2 amide bonds. The molecular weight excluding hydrogens is 330 g/mol. The molecule has 1 aromatic rings. The summed E-state index contributed by atoms with van der Waals surface area (Å²) in [5.41, 5.74) is 6.90. The molecule has 0 saturated heterocycles. The molecule has 0 aromatic heterocycles. The lowest BCUT2D eigenvalue weighted by Crippen LogP contribution is -2.56. The number of nitrogens with one attached hydrogen (secondary N) is 2. The Labute approximate surface area is 155 Å². The lowest BCUT2D eigenvalue weighted by atomic mass is 9.97. The number of amides is 2. The van der Waals surface area contributed by atoms with Crippen molar-refractivity contribution in [3.8, 4) is 0 Å². The molecule has 0 bridgehead atoms. The molecule has 0 unspecified atom stereocenters. The number of rotatable bonds is 10. The number of carbonyl (C=O) groups is 3. The smallest absolute Gasteiger partial charge is 0.243 e. The first-order valence-electron chi connectivity index (χ1n) is 9.15. The Morgan fingerprint density at radius 1 is 1.08 bits per heavy atom. The normalized spacial score (nSPS) is 15.6. The number of carbonyl (C=O) groups excluding carboxylic acids is 3. The zero-order valence-corrected chi connectivity index (χ0v) is 16.1. The molecule has 0 heterocycles. The molecule has 1 aromatic carbocycles. The molecular formula is C20H31N3O3. The van der Waals surface area contributed by atoms with Gasteiger partial charge in [0.05, 0.1) is 12.1 Å². The average molecular weight is 361 g/mol. The molecule has 4 atom stereocenters. The van der Waals surface area contributed by atoms with Gasteiger partial charge in [0.15, 0.2) is 0 Å². The first-order valence-corrected chi connectivity index (χ1v) is 9.15. The summed E-state index contributed by atoms with van der Waals surface area (Å²) in [6, 6.07) is 7.40. The van der Waals surface area contributed by atoms with E-state index in [9.17, 15) is 14.4 Å². The Morgan fingerprint density at radius 2 is 1.69 bits per heavy atom. The van der Waals surface area contributed by atoms with Gasteiger partial charge in [0.25, 0.3) is 0 Å². The second-order valence-electron chi connectivity index (χ2n) is 7.08. The van der Waals surface area contributed by atoms with E-state index in [0.29, 0.717) is 6.42 Å². The third kappa shape index (κ3) is 6.59. The molecule has 0 spiro atoms. The van der Waals surface area contributed by atoms with Gasteiger partial charge < -0.3 is 21.2 Å². The summed E-state index contributed by atoms with van der Waals surface area (Å²) in [5.74, 6) is -0.838. The highest BCUT2D eigenvalue weighted by Crippen LogP contribution is 2.09. The number of aldehydes is 1. The Kier molecular flexibility index (Phi) is 8.99. The van der Waals surface area contributed by atoms with Crippen LogP contribution in [0.4, 0.5) is 0 Å². The van der Waals surface area contributed by atoms with Crippen LogP contribution in [0.25, 0.3) is 0 Å². The summed E-state index contributed by atoms with van der Waals surface area (Å²) in [6.07, 6.45) is 1.90. The van der Waals surface area contributed by atoms with Gasteiger partial charge in [-0.2, -0.15) is 0 Å². The molecule has 1 rings (SSSR count). The third-order valence-corrected chi connectivity index (χ3v) is 4.60. The summed E-state index contributed by atoms with van der Waals surface area (Å²) in [7, 11) is 0. The largest absolute Gasteiger partial charge is 0.344 e. The maximum absolute atomic E-state index is 12.6. The second-order valence-corrected chi connectivity index (χ2v) is 7.08. The number of benzene rings is 1. The Morgan fingerprint density at radius 3 is 2.19 bits per heavy atom. The minimum atomic E-state index is -0.740. The molecule has 4 N–H and O–H groups in total. The van der Waals surface area contributed by atoms with Crippen molar-refractivity contribution in [3.63, 3.8) is 0 Å². The topological polar surface area (TPSA) is 101 Å². The van der Waals surface area contributed by atoms with E-state index in [1.807, 2.05) is 58.0 Å². The van der Waals surface area contributed by atoms with Crippen molar-refractivity contribution in [2.45, 2.75) is 58.7 Å². The number of hydrogen-bond donors (Lipinski definition) is 3. The maximum atomic E-state index is 12.6. The van der Waals surface area contributed by atoms with Crippen molar-refractivity contribution >= 4 is 18.1 Å². The molecule has 0 radical (unpaired) electrons. The van der Waals surface area contributed by atoms with Crippen molar-refractivity contribution in [1.82, 2.24) is 10.6 Å². The van der Waals surface area contributed by atoms with Crippen LogP contribution in [0.5, 0.6) is 0 Å². The van der Waals surface area contributed by atoms with E-state index < -0.39 is 18.1 Å². The van der Waals surface area contributed by atoms with Gasteiger partial charge in [-0.25, -0.2) is 0 Å². The van der Waals surface area contributed by atoms with Gasteiger partial charge in [-0.1, -0.05) is 64.4 Å². The summed E-state index contributed by atoms with van der Waals surface area (Å²) in [5, 5.41) is 5.45. The minimum Gasteiger partial charge on any atom is -0.344 e. The highest BCUT2D eigenvalue weighted by Gasteiger charge is 2.29. The van der Waals surface area contributed by atoms with Gasteiger partial charge in [-0.15, -0.1) is 0 Å². The highest BCUT2D eigenvalue weighted by atomic mass is 16.2. The predicted octanol–water partition coefficient (Wildman–Crippen LogP) is 1.43. The lowest BCUT2D eigenvalue weighted by molar-refractivity contribution is -0.132. The van der Waals surface area contributed by atoms with E-state index >= 15 is 0 Å². The molecule has 0 aliphatic carbocycles. The van der Waals surface area contributed by atoms with Crippen LogP contribution in [0.3, 0.4) is 0 Å². The summed E-state index contributed by atoms with van der Waals surface area (Å²) in [6.45, 7) is 7.54. The molecule has 6 nitrogen and oxygen atoms in total.